The van der Waals surface area contributed by atoms with Gasteiger partial charge < -0.3 is 15.0 Å². The number of piperidine rings is 1. The molecule has 0 aliphatic carbocycles. The quantitative estimate of drug-likeness (QED) is 0.815. The van der Waals surface area contributed by atoms with E-state index in [1.54, 1.807) is 0 Å². The van der Waals surface area contributed by atoms with Crippen molar-refractivity contribution in [1.29, 1.82) is 0 Å². The zero-order chi connectivity index (χ0) is 16.7. The van der Waals surface area contributed by atoms with Crippen molar-refractivity contribution in [1.82, 2.24) is 10.2 Å². The molecule has 4 nitrogen and oxygen atoms in total. The molecule has 1 aromatic rings. The zero-order valence-corrected chi connectivity index (χ0v) is 12.9. The number of para-hydroxylation sites is 1. The summed E-state index contributed by atoms with van der Waals surface area (Å²) in [4.78, 5) is 14.4. The van der Waals surface area contributed by atoms with Gasteiger partial charge in [0.25, 0.3) is 5.91 Å². The first-order valence-electron chi connectivity index (χ1n) is 7.81. The van der Waals surface area contributed by atoms with E-state index >= 15 is 0 Å². The fourth-order valence-electron chi connectivity index (χ4n) is 2.65. The fraction of sp³-hybridized carbons (Fsp3) is 0.562. The van der Waals surface area contributed by atoms with E-state index in [-0.39, 0.29) is 5.56 Å². The highest BCUT2D eigenvalue weighted by Gasteiger charge is 2.32. The average molecular weight is 330 g/mol. The third kappa shape index (κ3) is 6.09. The Bertz CT molecular complexity index is 514. The molecule has 1 N–H and O–H groups in total. The van der Waals surface area contributed by atoms with Crippen LogP contribution in [0.5, 0.6) is 5.75 Å². The van der Waals surface area contributed by atoms with Gasteiger partial charge in [-0.1, -0.05) is 18.6 Å². The maximum absolute atomic E-state index is 12.3. The van der Waals surface area contributed by atoms with Crippen LogP contribution in [-0.4, -0.2) is 43.3 Å². The monoisotopic (exact) mass is 330 g/mol. The number of hydrogen-bond acceptors (Lipinski definition) is 3. The molecule has 1 aliphatic rings. The number of halogens is 3. The topological polar surface area (TPSA) is 41.6 Å². The van der Waals surface area contributed by atoms with Crippen molar-refractivity contribution in [2.75, 3.05) is 26.2 Å². The van der Waals surface area contributed by atoms with Crippen LogP contribution in [0.4, 0.5) is 13.2 Å². The molecule has 0 radical (unpaired) electrons. The molecule has 0 saturated carbocycles. The molecule has 1 amide bonds. The van der Waals surface area contributed by atoms with E-state index in [9.17, 15) is 18.0 Å². The first kappa shape index (κ1) is 17.6. The third-order valence-electron chi connectivity index (χ3n) is 3.74. The van der Waals surface area contributed by atoms with Gasteiger partial charge in [0.15, 0.2) is 0 Å². The first-order valence-corrected chi connectivity index (χ1v) is 7.81. The van der Waals surface area contributed by atoms with Crippen molar-refractivity contribution in [3.63, 3.8) is 0 Å². The van der Waals surface area contributed by atoms with Crippen LogP contribution in [0.15, 0.2) is 24.3 Å². The summed E-state index contributed by atoms with van der Waals surface area (Å²) < 4.78 is 40.9. The van der Waals surface area contributed by atoms with Crippen molar-refractivity contribution >= 4 is 5.91 Å². The molecule has 23 heavy (non-hydrogen) atoms. The van der Waals surface area contributed by atoms with E-state index < -0.39 is 18.0 Å². The molecule has 128 valence electrons. The molecule has 1 aromatic carbocycles. The predicted molar refractivity (Wildman–Crippen MR) is 80.4 cm³/mol. The summed E-state index contributed by atoms with van der Waals surface area (Å²) in [5.74, 6) is -1.03. The minimum absolute atomic E-state index is 0.109. The highest BCUT2D eigenvalue weighted by atomic mass is 19.4. The predicted octanol–water partition coefficient (Wildman–Crippen LogP) is 3.19. The molecule has 1 aliphatic heterocycles. The fourth-order valence-corrected chi connectivity index (χ4v) is 2.65. The summed E-state index contributed by atoms with van der Waals surface area (Å²) in [7, 11) is 0. The smallest absolute Gasteiger partial charge is 0.405 e. The Morgan fingerprint density at radius 2 is 1.87 bits per heavy atom. The molecule has 0 aromatic heterocycles. The Labute approximate surface area is 133 Å². The second kappa shape index (κ2) is 8.19. The van der Waals surface area contributed by atoms with Gasteiger partial charge >= 0.3 is 6.36 Å². The molecule has 2 rings (SSSR count). The van der Waals surface area contributed by atoms with Crippen LogP contribution in [0, 0.1) is 0 Å². The van der Waals surface area contributed by atoms with E-state index in [0.29, 0.717) is 6.54 Å². The number of amides is 1. The second-order valence-corrected chi connectivity index (χ2v) is 5.56. The van der Waals surface area contributed by atoms with E-state index in [4.69, 9.17) is 0 Å². The summed E-state index contributed by atoms with van der Waals surface area (Å²) in [6.45, 7) is 3.48. The standard InChI is InChI=1S/C16H21F3N2O2/c17-16(18,19)23-14-8-3-2-7-13(14)15(22)20-9-6-12-21-10-4-1-5-11-21/h2-3,7-8H,1,4-6,9-12H2,(H,20,22). The van der Waals surface area contributed by atoms with Gasteiger partial charge in [-0.2, -0.15) is 0 Å². The molecule has 1 heterocycles. The lowest BCUT2D eigenvalue weighted by molar-refractivity contribution is -0.274. The summed E-state index contributed by atoms with van der Waals surface area (Å²) in [6.07, 6.45) is -0.370. The molecular formula is C16H21F3N2O2. The molecule has 0 spiro atoms. The maximum Gasteiger partial charge on any atom is 0.573 e. The summed E-state index contributed by atoms with van der Waals surface area (Å²) in [5.41, 5.74) is -0.109. The van der Waals surface area contributed by atoms with Crippen LogP contribution in [0.3, 0.4) is 0 Å². The first-order chi connectivity index (χ1) is 11.0. The van der Waals surface area contributed by atoms with Gasteiger partial charge in [0.1, 0.15) is 5.75 Å². The van der Waals surface area contributed by atoms with Gasteiger partial charge in [-0.25, -0.2) is 0 Å². The van der Waals surface area contributed by atoms with Crippen LogP contribution in [0.2, 0.25) is 0 Å². The van der Waals surface area contributed by atoms with Crippen molar-refractivity contribution < 1.29 is 22.7 Å². The number of carbonyl (C=O) groups is 1. The van der Waals surface area contributed by atoms with Gasteiger partial charge in [-0.05, 0) is 51.0 Å². The Hall–Kier alpha value is -1.76. The minimum Gasteiger partial charge on any atom is -0.405 e. The SMILES string of the molecule is O=C(NCCCN1CCCCC1)c1ccccc1OC(F)(F)F. The number of carbonyl (C=O) groups excluding carboxylic acids is 1. The van der Waals surface area contributed by atoms with Crippen molar-refractivity contribution in [2.45, 2.75) is 32.0 Å². The molecule has 1 fully saturated rings. The number of ether oxygens (including phenoxy) is 1. The number of likely N-dealkylation sites (tertiary alicyclic amines) is 1. The van der Waals surface area contributed by atoms with E-state index in [1.807, 2.05) is 0 Å². The molecular weight excluding hydrogens is 309 g/mol. The maximum atomic E-state index is 12.3. The number of nitrogens with one attached hydrogen (secondary N) is 1. The zero-order valence-electron chi connectivity index (χ0n) is 12.9. The van der Waals surface area contributed by atoms with Gasteiger partial charge in [-0.15, -0.1) is 13.2 Å². The lowest BCUT2D eigenvalue weighted by atomic mass is 10.1. The van der Waals surface area contributed by atoms with Crippen molar-refractivity contribution in [2.24, 2.45) is 0 Å². The Morgan fingerprint density at radius 1 is 1.17 bits per heavy atom. The van der Waals surface area contributed by atoms with Crippen LogP contribution >= 0.6 is 0 Å². The normalized spacial score (nSPS) is 16.1. The molecule has 7 heteroatoms. The van der Waals surface area contributed by atoms with Gasteiger partial charge in [-0.3, -0.25) is 4.79 Å². The van der Waals surface area contributed by atoms with Gasteiger partial charge in [0.2, 0.25) is 0 Å². The lowest BCUT2D eigenvalue weighted by Gasteiger charge is -2.26. The molecule has 1 saturated heterocycles. The number of hydrogen-bond donors (Lipinski definition) is 1. The van der Waals surface area contributed by atoms with Gasteiger partial charge in [0, 0.05) is 6.54 Å². The number of benzene rings is 1. The summed E-state index contributed by atoms with van der Waals surface area (Å²) in [5, 5.41) is 2.65. The summed E-state index contributed by atoms with van der Waals surface area (Å²) in [6, 6.07) is 5.36. The molecule has 0 atom stereocenters. The van der Waals surface area contributed by atoms with Gasteiger partial charge in [0.05, 0.1) is 5.56 Å². The van der Waals surface area contributed by atoms with E-state index in [0.717, 1.165) is 32.1 Å². The summed E-state index contributed by atoms with van der Waals surface area (Å²) >= 11 is 0. The average Bonchev–Trinajstić information content (AvgIpc) is 2.51. The third-order valence-corrected chi connectivity index (χ3v) is 3.74. The number of nitrogens with zero attached hydrogens (tertiary/aromatic N) is 1. The van der Waals surface area contributed by atoms with E-state index in [2.05, 4.69) is 15.0 Å². The highest BCUT2D eigenvalue weighted by Crippen LogP contribution is 2.26. The molecule has 0 bridgehead atoms. The lowest BCUT2D eigenvalue weighted by Crippen LogP contribution is -2.33. The number of alkyl halides is 3. The Morgan fingerprint density at radius 3 is 2.57 bits per heavy atom. The number of rotatable bonds is 6. The second-order valence-electron chi connectivity index (χ2n) is 5.56. The van der Waals surface area contributed by atoms with Crippen LogP contribution < -0.4 is 10.1 Å². The Kier molecular flexibility index (Phi) is 6.27. The Balaban J connectivity index is 1.81. The van der Waals surface area contributed by atoms with E-state index in [1.165, 1.54) is 37.5 Å². The highest BCUT2D eigenvalue weighted by molar-refractivity contribution is 5.96. The van der Waals surface area contributed by atoms with Crippen LogP contribution in [0.1, 0.15) is 36.0 Å². The van der Waals surface area contributed by atoms with Crippen molar-refractivity contribution in [3.8, 4) is 5.75 Å². The van der Waals surface area contributed by atoms with Crippen molar-refractivity contribution in [3.05, 3.63) is 29.8 Å². The van der Waals surface area contributed by atoms with Crippen LogP contribution in [-0.2, 0) is 0 Å². The largest absolute Gasteiger partial charge is 0.573 e. The molecule has 0 unspecified atom stereocenters. The minimum atomic E-state index is -4.81. The van der Waals surface area contributed by atoms with Crippen LogP contribution in [0.25, 0.3) is 0 Å².